The van der Waals surface area contributed by atoms with E-state index in [0.717, 1.165) is 42.8 Å². The maximum Gasteiger partial charge on any atom is 0.136 e. The molecule has 2 heterocycles. The van der Waals surface area contributed by atoms with Crippen molar-refractivity contribution in [3.05, 3.63) is 24.5 Å². The molecule has 1 aromatic heterocycles. The van der Waals surface area contributed by atoms with Gasteiger partial charge in [-0.05, 0) is 18.2 Å². The molecule has 1 aliphatic heterocycles. The summed E-state index contributed by atoms with van der Waals surface area (Å²) in [5, 5.41) is 7.68. The number of anilines is 2. The highest BCUT2D eigenvalue weighted by Gasteiger charge is 2.12. The van der Waals surface area contributed by atoms with Gasteiger partial charge in [0.15, 0.2) is 0 Å². The van der Waals surface area contributed by atoms with E-state index in [1.165, 1.54) is 5.69 Å². The summed E-state index contributed by atoms with van der Waals surface area (Å²) >= 11 is 0. The molecule has 0 amide bonds. The Morgan fingerprint density at radius 1 is 1.29 bits per heavy atom. The molecule has 90 valence electrons. The van der Waals surface area contributed by atoms with Gasteiger partial charge in [-0.15, -0.1) is 0 Å². The molecule has 0 unspecified atom stereocenters. The van der Waals surface area contributed by atoms with Gasteiger partial charge in [0.05, 0.1) is 5.69 Å². The lowest BCUT2D eigenvalue weighted by atomic mass is 10.2. The Hall–Kier alpha value is -1.68. The maximum atomic E-state index is 5.49. The van der Waals surface area contributed by atoms with E-state index < -0.39 is 0 Å². The molecule has 2 aromatic rings. The lowest BCUT2D eigenvalue weighted by Gasteiger charge is -2.29. The molecular weight excluding hydrogens is 214 g/mol. The van der Waals surface area contributed by atoms with Gasteiger partial charge >= 0.3 is 0 Å². The van der Waals surface area contributed by atoms with Gasteiger partial charge in [-0.2, -0.15) is 0 Å². The standard InChI is InChI=1S/C13H17N3O/c1-14-12-9-17-13-3-2-10(8-11(12)13)16-6-4-15-5-7-16/h2-3,8-9,14-15H,4-7H2,1H3. The van der Waals surface area contributed by atoms with E-state index in [1.54, 1.807) is 6.26 Å². The fourth-order valence-electron chi connectivity index (χ4n) is 2.33. The van der Waals surface area contributed by atoms with E-state index in [4.69, 9.17) is 4.42 Å². The Kier molecular flexibility index (Phi) is 2.65. The number of nitrogens with zero attached hydrogens (tertiary/aromatic N) is 1. The molecule has 0 bridgehead atoms. The lowest BCUT2D eigenvalue weighted by molar-refractivity contribution is 0.589. The first-order chi connectivity index (χ1) is 8.38. The van der Waals surface area contributed by atoms with Crippen LogP contribution in [0.2, 0.25) is 0 Å². The minimum Gasteiger partial charge on any atom is -0.462 e. The number of nitrogens with one attached hydrogen (secondary N) is 2. The van der Waals surface area contributed by atoms with Crippen molar-refractivity contribution < 1.29 is 4.42 Å². The van der Waals surface area contributed by atoms with Gasteiger partial charge in [0, 0.05) is 44.3 Å². The molecule has 1 aromatic carbocycles. The van der Waals surface area contributed by atoms with Crippen LogP contribution < -0.4 is 15.5 Å². The molecular formula is C13H17N3O. The molecule has 0 atom stereocenters. The van der Waals surface area contributed by atoms with Crippen LogP contribution in [-0.2, 0) is 0 Å². The zero-order valence-electron chi connectivity index (χ0n) is 9.99. The van der Waals surface area contributed by atoms with Crippen molar-refractivity contribution in [2.75, 3.05) is 43.4 Å². The van der Waals surface area contributed by atoms with Crippen LogP contribution in [0.1, 0.15) is 0 Å². The highest BCUT2D eigenvalue weighted by atomic mass is 16.3. The van der Waals surface area contributed by atoms with Gasteiger partial charge in [0.1, 0.15) is 11.8 Å². The predicted molar refractivity (Wildman–Crippen MR) is 70.8 cm³/mol. The Morgan fingerprint density at radius 2 is 2.12 bits per heavy atom. The number of benzene rings is 1. The van der Waals surface area contributed by atoms with Crippen LogP contribution in [0, 0.1) is 0 Å². The first-order valence-electron chi connectivity index (χ1n) is 6.03. The molecule has 17 heavy (non-hydrogen) atoms. The second-order valence-corrected chi connectivity index (χ2v) is 4.32. The van der Waals surface area contributed by atoms with Crippen molar-refractivity contribution in [1.29, 1.82) is 0 Å². The van der Waals surface area contributed by atoms with Gasteiger partial charge < -0.3 is 20.0 Å². The van der Waals surface area contributed by atoms with Crippen LogP contribution in [0.15, 0.2) is 28.9 Å². The summed E-state index contributed by atoms with van der Waals surface area (Å²) in [6, 6.07) is 6.39. The summed E-state index contributed by atoms with van der Waals surface area (Å²) in [5.41, 5.74) is 3.27. The van der Waals surface area contributed by atoms with Gasteiger partial charge in [0.25, 0.3) is 0 Å². The SMILES string of the molecule is CNc1coc2ccc(N3CCNCC3)cc12. The van der Waals surface area contributed by atoms with Crippen molar-refractivity contribution in [1.82, 2.24) is 5.32 Å². The summed E-state index contributed by atoms with van der Waals surface area (Å²) in [4.78, 5) is 2.41. The number of hydrogen-bond acceptors (Lipinski definition) is 4. The van der Waals surface area contributed by atoms with E-state index in [2.05, 4.69) is 27.7 Å². The molecule has 2 N–H and O–H groups in total. The molecule has 1 fully saturated rings. The van der Waals surface area contributed by atoms with Crippen LogP contribution in [0.5, 0.6) is 0 Å². The normalized spacial score (nSPS) is 16.4. The molecule has 4 heteroatoms. The molecule has 0 radical (unpaired) electrons. The highest BCUT2D eigenvalue weighted by Crippen LogP contribution is 2.29. The molecule has 0 saturated carbocycles. The summed E-state index contributed by atoms with van der Waals surface area (Å²) in [5.74, 6) is 0. The lowest BCUT2D eigenvalue weighted by Crippen LogP contribution is -2.43. The summed E-state index contributed by atoms with van der Waals surface area (Å²) in [7, 11) is 1.92. The summed E-state index contributed by atoms with van der Waals surface area (Å²) in [6.45, 7) is 4.25. The van der Waals surface area contributed by atoms with E-state index in [1.807, 2.05) is 13.1 Å². The summed E-state index contributed by atoms with van der Waals surface area (Å²) in [6.07, 6.45) is 1.77. The van der Waals surface area contributed by atoms with Crippen LogP contribution >= 0.6 is 0 Å². The van der Waals surface area contributed by atoms with Crippen molar-refractivity contribution in [2.45, 2.75) is 0 Å². The third kappa shape index (κ3) is 1.85. The topological polar surface area (TPSA) is 40.4 Å². The average Bonchev–Trinajstić information content (AvgIpc) is 2.81. The third-order valence-electron chi connectivity index (χ3n) is 3.31. The Morgan fingerprint density at radius 3 is 2.88 bits per heavy atom. The molecule has 1 saturated heterocycles. The number of furan rings is 1. The number of rotatable bonds is 2. The quantitative estimate of drug-likeness (QED) is 0.828. The van der Waals surface area contributed by atoms with Crippen LogP contribution in [0.3, 0.4) is 0 Å². The van der Waals surface area contributed by atoms with Crippen molar-refractivity contribution in [3.8, 4) is 0 Å². The Labute approximate surface area is 101 Å². The Balaban J connectivity index is 1.99. The number of piperazine rings is 1. The minimum absolute atomic E-state index is 0.938. The zero-order valence-corrected chi connectivity index (χ0v) is 9.99. The highest BCUT2D eigenvalue weighted by molar-refractivity contribution is 5.92. The van der Waals surface area contributed by atoms with Gasteiger partial charge in [0.2, 0.25) is 0 Å². The first kappa shape index (κ1) is 10.5. The largest absolute Gasteiger partial charge is 0.462 e. The van der Waals surface area contributed by atoms with Gasteiger partial charge in [-0.25, -0.2) is 0 Å². The average molecular weight is 231 g/mol. The van der Waals surface area contributed by atoms with Crippen molar-refractivity contribution in [3.63, 3.8) is 0 Å². The first-order valence-corrected chi connectivity index (χ1v) is 6.03. The Bertz CT molecular complexity index is 514. The predicted octanol–water partition coefficient (Wildman–Crippen LogP) is 1.88. The maximum absolute atomic E-state index is 5.49. The van der Waals surface area contributed by atoms with Crippen LogP contribution in [-0.4, -0.2) is 33.2 Å². The number of fused-ring (bicyclic) bond motifs is 1. The third-order valence-corrected chi connectivity index (χ3v) is 3.31. The van der Waals surface area contributed by atoms with Crippen LogP contribution in [0.25, 0.3) is 11.0 Å². The van der Waals surface area contributed by atoms with E-state index in [0.29, 0.717) is 0 Å². The fourth-order valence-corrected chi connectivity index (χ4v) is 2.33. The molecule has 0 aliphatic carbocycles. The molecule has 0 spiro atoms. The summed E-state index contributed by atoms with van der Waals surface area (Å²) < 4.78 is 5.49. The smallest absolute Gasteiger partial charge is 0.136 e. The van der Waals surface area contributed by atoms with Crippen molar-refractivity contribution in [2.24, 2.45) is 0 Å². The van der Waals surface area contributed by atoms with E-state index >= 15 is 0 Å². The van der Waals surface area contributed by atoms with E-state index in [9.17, 15) is 0 Å². The van der Waals surface area contributed by atoms with E-state index in [-0.39, 0.29) is 0 Å². The zero-order chi connectivity index (χ0) is 11.7. The molecule has 1 aliphatic rings. The van der Waals surface area contributed by atoms with Gasteiger partial charge in [-0.1, -0.05) is 0 Å². The second-order valence-electron chi connectivity index (χ2n) is 4.32. The fraction of sp³-hybridized carbons (Fsp3) is 0.385. The monoisotopic (exact) mass is 231 g/mol. The molecule has 4 nitrogen and oxygen atoms in total. The number of hydrogen-bond donors (Lipinski definition) is 2. The molecule has 3 rings (SSSR count). The van der Waals surface area contributed by atoms with Crippen LogP contribution in [0.4, 0.5) is 11.4 Å². The second kappa shape index (κ2) is 4.30. The van der Waals surface area contributed by atoms with Crippen molar-refractivity contribution >= 4 is 22.3 Å². The van der Waals surface area contributed by atoms with Gasteiger partial charge in [-0.3, -0.25) is 0 Å². The minimum atomic E-state index is 0.938.